The molecule has 0 atom stereocenters. The molecule has 0 aliphatic rings. The molecule has 0 spiro atoms. The summed E-state index contributed by atoms with van der Waals surface area (Å²) in [5, 5.41) is 8.01. The molecular formula is C26H20. The Bertz CT molecular complexity index is 1200. The van der Waals surface area contributed by atoms with Crippen LogP contribution in [0.4, 0.5) is 0 Å². The predicted molar refractivity (Wildman–Crippen MR) is 114 cm³/mol. The molecule has 0 heteroatoms. The normalized spacial score (nSPS) is 11.4. The van der Waals surface area contributed by atoms with E-state index in [-0.39, 0.29) is 0 Å². The van der Waals surface area contributed by atoms with Gasteiger partial charge in [-0.1, -0.05) is 91.9 Å². The molecule has 0 aliphatic heterocycles. The second kappa shape index (κ2) is 6.00. The quantitative estimate of drug-likeness (QED) is 0.296. The van der Waals surface area contributed by atoms with Gasteiger partial charge in [0.2, 0.25) is 0 Å². The Hall–Kier alpha value is -3.12. The highest BCUT2D eigenvalue weighted by molar-refractivity contribution is 6.15. The molecule has 5 aromatic carbocycles. The number of fused-ring (bicyclic) bond motifs is 3. The van der Waals surface area contributed by atoms with Gasteiger partial charge in [0.25, 0.3) is 0 Å². The number of hydrogen-bond acceptors (Lipinski definition) is 0. The van der Waals surface area contributed by atoms with Gasteiger partial charge in [0, 0.05) is 0 Å². The van der Waals surface area contributed by atoms with Gasteiger partial charge in [-0.3, -0.25) is 0 Å². The Labute approximate surface area is 153 Å². The molecule has 0 saturated heterocycles. The molecule has 5 aromatic rings. The minimum Gasteiger partial charge on any atom is -0.0616 e. The van der Waals surface area contributed by atoms with Crippen molar-refractivity contribution in [1.29, 1.82) is 0 Å². The monoisotopic (exact) mass is 332 g/mol. The minimum atomic E-state index is 1.04. The number of rotatable bonds is 2. The first kappa shape index (κ1) is 15.2. The summed E-state index contributed by atoms with van der Waals surface area (Å²) < 4.78 is 0. The molecule has 26 heavy (non-hydrogen) atoms. The van der Waals surface area contributed by atoms with E-state index in [1.54, 1.807) is 0 Å². The van der Waals surface area contributed by atoms with Gasteiger partial charge in [-0.15, -0.1) is 0 Å². The standard InChI is InChI=1S/C26H20/c1-2-21-22-11-5-7-13-24(22)26(25-14-8-6-12-23(21)25)20-16-15-18-9-3-4-10-19(18)17-20/h3-17H,2H2,1H3. The summed E-state index contributed by atoms with van der Waals surface area (Å²) in [4.78, 5) is 0. The molecule has 0 radical (unpaired) electrons. The van der Waals surface area contributed by atoms with Crippen LogP contribution in [0.5, 0.6) is 0 Å². The van der Waals surface area contributed by atoms with Crippen molar-refractivity contribution in [2.24, 2.45) is 0 Å². The van der Waals surface area contributed by atoms with Crippen LogP contribution >= 0.6 is 0 Å². The summed E-state index contributed by atoms with van der Waals surface area (Å²) in [6.45, 7) is 2.25. The van der Waals surface area contributed by atoms with Gasteiger partial charge in [0.05, 0.1) is 0 Å². The van der Waals surface area contributed by atoms with E-state index >= 15 is 0 Å². The first-order valence-electron chi connectivity index (χ1n) is 9.28. The molecule has 0 heterocycles. The highest BCUT2D eigenvalue weighted by Gasteiger charge is 2.14. The molecule has 0 bridgehead atoms. The van der Waals surface area contributed by atoms with Crippen molar-refractivity contribution in [2.45, 2.75) is 13.3 Å². The molecule has 0 aliphatic carbocycles. The molecule has 124 valence electrons. The number of benzene rings is 5. The molecule has 0 N–H and O–H groups in total. The van der Waals surface area contributed by atoms with E-state index in [0.29, 0.717) is 0 Å². The molecule has 0 amide bonds. The van der Waals surface area contributed by atoms with E-state index in [2.05, 4.69) is 97.9 Å². The van der Waals surface area contributed by atoms with Crippen LogP contribution in [0.2, 0.25) is 0 Å². The maximum atomic E-state index is 2.33. The highest BCUT2D eigenvalue weighted by Crippen LogP contribution is 2.40. The second-order valence-electron chi connectivity index (χ2n) is 6.86. The smallest absolute Gasteiger partial charge is 0.00264 e. The average Bonchev–Trinajstić information content (AvgIpc) is 2.71. The van der Waals surface area contributed by atoms with Crippen molar-refractivity contribution in [1.82, 2.24) is 0 Å². The van der Waals surface area contributed by atoms with Crippen LogP contribution in [-0.2, 0) is 6.42 Å². The number of hydrogen-bond donors (Lipinski definition) is 0. The number of aryl methyl sites for hydroxylation is 1. The summed E-state index contributed by atoms with van der Waals surface area (Å²) in [6, 6.07) is 33.1. The Morgan fingerprint density at radius 3 is 1.69 bits per heavy atom. The van der Waals surface area contributed by atoms with E-state index in [1.165, 1.54) is 49.0 Å². The van der Waals surface area contributed by atoms with E-state index in [9.17, 15) is 0 Å². The zero-order valence-corrected chi connectivity index (χ0v) is 14.9. The second-order valence-corrected chi connectivity index (χ2v) is 6.86. The lowest BCUT2D eigenvalue weighted by atomic mass is 9.87. The fraction of sp³-hybridized carbons (Fsp3) is 0.0769. The van der Waals surface area contributed by atoms with Gasteiger partial charge >= 0.3 is 0 Å². The Balaban J connectivity index is 1.96. The van der Waals surface area contributed by atoms with Crippen LogP contribution in [0.15, 0.2) is 91.0 Å². The van der Waals surface area contributed by atoms with Gasteiger partial charge in [-0.2, -0.15) is 0 Å². The molecule has 5 rings (SSSR count). The fourth-order valence-electron chi connectivity index (χ4n) is 4.26. The fourth-order valence-corrected chi connectivity index (χ4v) is 4.26. The summed E-state index contributed by atoms with van der Waals surface area (Å²) in [5.74, 6) is 0. The maximum absolute atomic E-state index is 2.33. The third kappa shape index (κ3) is 2.23. The van der Waals surface area contributed by atoms with E-state index in [4.69, 9.17) is 0 Å². The van der Waals surface area contributed by atoms with E-state index in [0.717, 1.165) is 6.42 Å². The van der Waals surface area contributed by atoms with Crippen LogP contribution in [0.3, 0.4) is 0 Å². The van der Waals surface area contributed by atoms with Crippen LogP contribution in [0.1, 0.15) is 12.5 Å². The van der Waals surface area contributed by atoms with Gasteiger partial charge < -0.3 is 0 Å². The Morgan fingerprint density at radius 2 is 1.08 bits per heavy atom. The lowest BCUT2D eigenvalue weighted by Gasteiger charge is -2.16. The Kier molecular flexibility index (Phi) is 3.50. The van der Waals surface area contributed by atoms with Crippen LogP contribution in [-0.4, -0.2) is 0 Å². The SMILES string of the molecule is CCc1c2ccccc2c(-c2ccc3ccccc3c2)c2ccccc12. The average molecular weight is 332 g/mol. The van der Waals surface area contributed by atoms with Crippen molar-refractivity contribution < 1.29 is 0 Å². The lowest BCUT2D eigenvalue weighted by Crippen LogP contribution is -1.92. The first-order valence-corrected chi connectivity index (χ1v) is 9.28. The van der Waals surface area contributed by atoms with E-state index in [1.807, 2.05) is 0 Å². The van der Waals surface area contributed by atoms with Crippen LogP contribution in [0.25, 0.3) is 43.4 Å². The van der Waals surface area contributed by atoms with Crippen molar-refractivity contribution in [2.75, 3.05) is 0 Å². The third-order valence-corrected chi connectivity index (χ3v) is 5.43. The van der Waals surface area contributed by atoms with Gasteiger partial charge in [-0.25, -0.2) is 0 Å². The first-order chi connectivity index (χ1) is 12.9. The molecule has 0 saturated carbocycles. The summed E-state index contributed by atoms with van der Waals surface area (Å²) in [7, 11) is 0. The molecular weight excluding hydrogens is 312 g/mol. The molecule has 0 nitrogen and oxygen atoms in total. The van der Waals surface area contributed by atoms with Gasteiger partial charge in [-0.05, 0) is 61.5 Å². The van der Waals surface area contributed by atoms with Crippen molar-refractivity contribution >= 4 is 32.3 Å². The van der Waals surface area contributed by atoms with Crippen molar-refractivity contribution in [3.8, 4) is 11.1 Å². The van der Waals surface area contributed by atoms with Crippen molar-refractivity contribution in [3.05, 3.63) is 96.6 Å². The lowest BCUT2D eigenvalue weighted by molar-refractivity contribution is 1.18. The van der Waals surface area contributed by atoms with Gasteiger partial charge in [0.15, 0.2) is 0 Å². The zero-order valence-electron chi connectivity index (χ0n) is 14.9. The van der Waals surface area contributed by atoms with E-state index < -0.39 is 0 Å². The Morgan fingerprint density at radius 1 is 0.538 bits per heavy atom. The summed E-state index contributed by atoms with van der Waals surface area (Å²) >= 11 is 0. The zero-order chi connectivity index (χ0) is 17.5. The molecule has 0 aromatic heterocycles. The molecule has 0 fully saturated rings. The predicted octanol–water partition coefficient (Wildman–Crippen LogP) is 7.38. The minimum absolute atomic E-state index is 1.04. The topological polar surface area (TPSA) is 0 Å². The summed E-state index contributed by atoms with van der Waals surface area (Å²) in [5.41, 5.74) is 4.08. The molecule has 0 unspecified atom stereocenters. The third-order valence-electron chi connectivity index (χ3n) is 5.43. The van der Waals surface area contributed by atoms with Crippen molar-refractivity contribution in [3.63, 3.8) is 0 Å². The van der Waals surface area contributed by atoms with Crippen LogP contribution < -0.4 is 0 Å². The maximum Gasteiger partial charge on any atom is -0.00264 e. The highest BCUT2D eigenvalue weighted by atomic mass is 14.2. The summed E-state index contributed by atoms with van der Waals surface area (Å²) in [6.07, 6.45) is 1.04. The largest absolute Gasteiger partial charge is 0.0616 e. The van der Waals surface area contributed by atoms with Crippen LogP contribution in [0, 0.1) is 0 Å². The van der Waals surface area contributed by atoms with Gasteiger partial charge in [0.1, 0.15) is 0 Å².